The average molecular weight is 405 g/mol. The Labute approximate surface area is 158 Å². The normalized spacial score (nSPS) is 12.3. The van der Waals surface area contributed by atoms with Crippen LogP contribution in [0.25, 0.3) is 5.69 Å². The summed E-state index contributed by atoms with van der Waals surface area (Å²) in [6.07, 6.45) is 1.07. The van der Waals surface area contributed by atoms with Crippen molar-refractivity contribution in [3.05, 3.63) is 41.5 Å². The number of anilines is 1. The summed E-state index contributed by atoms with van der Waals surface area (Å²) >= 11 is 0. The highest BCUT2D eigenvalue weighted by Gasteiger charge is 2.17. The van der Waals surface area contributed by atoms with Crippen LogP contribution in [-0.2, 0) is 14.6 Å². The number of sulfone groups is 1. The molecule has 10 heteroatoms. The first-order valence-corrected chi connectivity index (χ1v) is 9.70. The lowest BCUT2D eigenvalue weighted by atomic mass is 10.2. The standard InChI is InChI=1S/C16H21FN4O3S.ClH/c1-10-8-11(2)21(20-10)15-5-4-12(9-13(15)17)19-16(22)14(18)6-7-25(3,23)24;/h4-5,8-9,14H,6-7,18H2,1-3H3,(H,19,22);1H. The Balaban J connectivity index is 0.00000338. The van der Waals surface area contributed by atoms with E-state index in [4.69, 9.17) is 5.73 Å². The van der Waals surface area contributed by atoms with E-state index in [1.807, 2.05) is 19.9 Å². The summed E-state index contributed by atoms with van der Waals surface area (Å²) in [6, 6.07) is 5.05. The van der Waals surface area contributed by atoms with Crippen molar-refractivity contribution in [1.82, 2.24) is 9.78 Å². The van der Waals surface area contributed by atoms with Crippen molar-refractivity contribution in [2.24, 2.45) is 5.73 Å². The maximum absolute atomic E-state index is 14.4. The molecule has 1 heterocycles. The van der Waals surface area contributed by atoms with E-state index in [0.29, 0.717) is 0 Å². The van der Waals surface area contributed by atoms with Gasteiger partial charge in [-0.15, -0.1) is 12.4 Å². The van der Waals surface area contributed by atoms with Crippen molar-refractivity contribution in [1.29, 1.82) is 0 Å². The molecule has 0 radical (unpaired) electrons. The second-order valence-corrected chi connectivity index (χ2v) is 8.28. The summed E-state index contributed by atoms with van der Waals surface area (Å²) in [5, 5.41) is 6.71. The van der Waals surface area contributed by atoms with Crippen LogP contribution in [0.5, 0.6) is 0 Å². The summed E-state index contributed by atoms with van der Waals surface area (Å²) in [4.78, 5) is 12.0. The Morgan fingerprint density at radius 2 is 2.00 bits per heavy atom. The van der Waals surface area contributed by atoms with Gasteiger partial charge in [-0.3, -0.25) is 4.79 Å². The summed E-state index contributed by atoms with van der Waals surface area (Å²) in [7, 11) is -3.20. The van der Waals surface area contributed by atoms with Gasteiger partial charge in [-0.25, -0.2) is 17.5 Å². The van der Waals surface area contributed by atoms with Gasteiger partial charge in [-0.1, -0.05) is 0 Å². The predicted molar refractivity (Wildman–Crippen MR) is 101 cm³/mol. The van der Waals surface area contributed by atoms with Gasteiger partial charge < -0.3 is 11.1 Å². The van der Waals surface area contributed by atoms with Crippen molar-refractivity contribution < 1.29 is 17.6 Å². The third-order valence-electron chi connectivity index (χ3n) is 3.59. The number of aryl methyl sites for hydroxylation is 2. The summed E-state index contributed by atoms with van der Waals surface area (Å²) in [6.45, 7) is 3.63. The highest BCUT2D eigenvalue weighted by Crippen LogP contribution is 2.20. The van der Waals surface area contributed by atoms with Crippen LogP contribution < -0.4 is 11.1 Å². The molecule has 0 aliphatic rings. The number of carbonyl (C=O) groups is 1. The first-order valence-electron chi connectivity index (χ1n) is 7.64. The predicted octanol–water partition coefficient (Wildman–Crippen LogP) is 1.75. The van der Waals surface area contributed by atoms with Crippen molar-refractivity contribution in [2.45, 2.75) is 26.3 Å². The van der Waals surface area contributed by atoms with Gasteiger partial charge in [0.25, 0.3) is 0 Å². The Morgan fingerprint density at radius 1 is 1.35 bits per heavy atom. The number of nitrogens with two attached hydrogens (primary N) is 1. The van der Waals surface area contributed by atoms with Crippen molar-refractivity contribution in [2.75, 3.05) is 17.3 Å². The lowest BCUT2D eigenvalue weighted by Crippen LogP contribution is -2.37. The van der Waals surface area contributed by atoms with E-state index in [9.17, 15) is 17.6 Å². The Morgan fingerprint density at radius 3 is 2.50 bits per heavy atom. The van der Waals surface area contributed by atoms with Crippen molar-refractivity contribution >= 4 is 33.8 Å². The number of hydrogen-bond donors (Lipinski definition) is 2. The van der Waals surface area contributed by atoms with Gasteiger partial charge in [-0.05, 0) is 44.5 Å². The second kappa shape index (κ2) is 8.61. The molecule has 0 saturated heterocycles. The molecule has 3 N–H and O–H groups in total. The molecule has 0 aliphatic carbocycles. The molecule has 1 unspecified atom stereocenters. The zero-order valence-electron chi connectivity index (χ0n) is 14.7. The lowest BCUT2D eigenvalue weighted by molar-refractivity contribution is -0.117. The minimum Gasteiger partial charge on any atom is -0.325 e. The van der Waals surface area contributed by atoms with Gasteiger partial charge >= 0.3 is 0 Å². The van der Waals surface area contributed by atoms with Gasteiger partial charge in [0.15, 0.2) is 5.82 Å². The molecule has 1 atom stereocenters. The summed E-state index contributed by atoms with van der Waals surface area (Å²) in [5.41, 5.74) is 7.73. The molecule has 1 amide bonds. The quantitative estimate of drug-likeness (QED) is 0.762. The molecule has 2 rings (SSSR count). The van der Waals surface area contributed by atoms with Gasteiger partial charge in [-0.2, -0.15) is 5.10 Å². The third-order valence-corrected chi connectivity index (χ3v) is 4.57. The van der Waals surface area contributed by atoms with Crippen LogP contribution in [0.15, 0.2) is 24.3 Å². The van der Waals surface area contributed by atoms with Gasteiger partial charge in [0.1, 0.15) is 15.5 Å². The van der Waals surface area contributed by atoms with Gasteiger partial charge in [0.2, 0.25) is 5.91 Å². The molecule has 1 aromatic heterocycles. The molecule has 1 aromatic carbocycles. The number of rotatable bonds is 6. The van der Waals surface area contributed by atoms with E-state index in [-0.39, 0.29) is 36.0 Å². The minimum absolute atomic E-state index is 0. The zero-order valence-corrected chi connectivity index (χ0v) is 16.3. The van der Waals surface area contributed by atoms with Crippen LogP contribution in [-0.4, -0.2) is 42.2 Å². The Bertz CT molecular complexity index is 899. The van der Waals surface area contributed by atoms with Crippen molar-refractivity contribution in [3.8, 4) is 5.69 Å². The Hall–Kier alpha value is -1.97. The number of hydrogen-bond acceptors (Lipinski definition) is 5. The van der Waals surface area contributed by atoms with Crippen LogP contribution >= 0.6 is 12.4 Å². The van der Waals surface area contributed by atoms with Crippen LogP contribution in [0.4, 0.5) is 10.1 Å². The molecule has 26 heavy (non-hydrogen) atoms. The third kappa shape index (κ3) is 5.79. The van der Waals surface area contributed by atoms with E-state index in [0.717, 1.165) is 17.6 Å². The largest absolute Gasteiger partial charge is 0.325 e. The number of amides is 1. The fourth-order valence-electron chi connectivity index (χ4n) is 2.34. The fourth-order valence-corrected chi connectivity index (χ4v) is 3.02. The maximum Gasteiger partial charge on any atom is 0.241 e. The van der Waals surface area contributed by atoms with Crippen LogP contribution in [0, 0.1) is 19.7 Å². The molecule has 0 fully saturated rings. The van der Waals surface area contributed by atoms with Crippen molar-refractivity contribution in [3.63, 3.8) is 0 Å². The molecular formula is C16H22ClFN4O3S. The molecule has 0 spiro atoms. The van der Waals surface area contributed by atoms with E-state index in [1.165, 1.54) is 22.9 Å². The smallest absolute Gasteiger partial charge is 0.241 e. The topological polar surface area (TPSA) is 107 Å². The number of nitrogens with zero attached hydrogens (tertiary/aromatic N) is 2. The van der Waals surface area contributed by atoms with Gasteiger partial charge in [0, 0.05) is 17.6 Å². The average Bonchev–Trinajstić information content (AvgIpc) is 2.82. The Kier molecular flexibility index (Phi) is 7.31. The van der Waals surface area contributed by atoms with E-state index >= 15 is 0 Å². The van der Waals surface area contributed by atoms with E-state index < -0.39 is 27.6 Å². The van der Waals surface area contributed by atoms with Crippen LogP contribution in [0.3, 0.4) is 0 Å². The molecule has 0 bridgehead atoms. The summed E-state index contributed by atoms with van der Waals surface area (Å²) < 4.78 is 38.1. The van der Waals surface area contributed by atoms with Crippen LogP contribution in [0.2, 0.25) is 0 Å². The van der Waals surface area contributed by atoms with E-state index in [1.54, 1.807) is 0 Å². The summed E-state index contributed by atoms with van der Waals surface area (Å²) in [5.74, 6) is -1.30. The van der Waals surface area contributed by atoms with E-state index in [2.05, 4.69) is 10.4 Å². The van der Waals surface area contributed by atoms with Crippen LogP contribution in [0.1, 0.15) is 17.8 Å². The molecular weight excluding hydrogens is 383 g/mol. The number of carbonyl (C=O) groups excluding carboxylic acids is 1. The first-order chi connectivity index (χ1) is 11.6. The molecule has 0 saturated carbocycles. The molecule has 7 nitrogen and oxygen atoms in total. The first kappa shape index (κ1) is 22.1. The molecule has 2 aromatic rings. The number of aromatic nitrogens is 2. The fraction of sp³-hybridized carbons (Fsp3) is 0.375. The highest BCUT2D eigenvalue weighted by atomic mass is 35.5. The number of benzene rings is 1. The SMILES string of the molecule is Cc1cc(C)n(-c2ccc(NC(=O)C(N)CCS(C)(=O)=O)cc2F)n1.Cl. The minimum atomic E-state index is -3.20. The zero-order chi connectivity index (χ0) is 18.8. The lowest BCUT2D eigenvalue weighted by Gasteiger charge is -2.13. The van der Waals surface area contributed by atoms with Gasteiger partial charge in [0.05, 0.1) is 17.5 Å². The number of nitrogens with one attached hydrogen (secondary N) is 1. The molecule has 0 aliphatic heterocycles. The highest BCUT2D eigenvalue weighted by molar-refractivity contribution is 7.90. The molecule has 144 valence electrons. The maximum atomic E-state index is 14.4. The second-order valence-electron chi connectivity index (χ2n) is 6.02. The number of halogens is 2. The monoisotopic (exact) mass is 404 g/mol.